The third-order valence-corrected chi connectivity index (χ3v) is 7.88. The summed E-state index contributed by atoms with van der Waals surface area (Å²) in [6, 6.07) is 22.4. The minimum Gasteiger partial charge on any atom is -0.502 e. The Kier molecular flexibility index (Phi) is 6.13. The monoisotopic (exact) mass is 461 g/mol. The Morgan fingerprint density at radius 1 is 0.909 bits per heavy atom. The first-order valence-electron chi connectivity index (χ1n) is 10.9. The Morgan fingerprint density at radius 2 is 1.52 bits per heavy atom. The summed E-state index contributed by atoms with van der Waals surface area (Å²) < 4.78 is 27.3. The lowest BCUT2D eigenvalue weighted by Gasteiger charge is -2.27. The smallest absolute Gasteiger partial charge is 0.290 e. The minimum absolute atomic E-state index is 0.0489. The van der Waals surface area contributed by atoms with Crippen LogP contribution in [0.2, 0.25) is 0 Å². The lowest BCUT2D eigenvalue weighted by atomic mass is 9.98. The van der Waals surface area contributed by atoms with Crippen molar-refractivity contribution in [2.24, 2.45) is 0 Å². The molecule has 0 aliphatic carbocycles. The molecule has 0 bridgehead atoms. The zero-order valence-corrected chi connectivity index (χ0v) is 19.7. The van der Waals surface area contributed by atoms with Crippen molar-refractivity contribution in [3.8, 4) is 0 Å². The number of carbonyl (C=O) groups is 1. The number of benzene rings is 3. The molecule has 0 spiro atoms. The molecule has 6 heteroatoms. The molecule has 0 saturated heterocycles. The summed E-state index contributed by atoms with van der Waals surface area (Å²) in [5, 5.41) is 10.8. The molecule has 1 aliphatic rings. The molecule has 1 atom stereocenters. The molecule has 0 saturated carbocycles. The highest BCUT2D eigenvalue weighted by Gasteiger charge is 2.46. The second-order valence-electron chi connectivity index (χ2n) is 8.67. The number of aliphatic hydroxyl groups excluding tert-OH is 1. The van der Waals surface area contributed by atoms with Crippen LogP contribution in [0.5, 0.6) is 0 Å². The summed E-state index contributed by atoms with van der Waals surface area (Å²) in [5.41, 5.74) is 3.50. The van der Waals surface area contributed by atoms with Gasteiger partial charge in [0.25, 0.3) is 5.91 Å². The van der Waals surface area contributed by atoms with E-state index in [0.717, 1.165) is 16.7 Å². The maximum atomic E-state index is 13.7. The summed E-state index contributed by atoms with van der Waals surface area (Å²) in [6.07, 6.45) is 0. The number of aryl methyl sites for hydroxylation is 1. The van der Waals surface area contributed by atoms with Crippen LogP contribution in [0.15, 0.2) is 94.4 Å². The number of carbonyl (C=O) groups excluding carboxylic acids is 1. The third kappa shape index (κ3) is 4.31. The van der Waals surface area contributed by atoms with Crippen molar-refractivity contribution < 1.29 is 18.3 Å². The zero-order chi connectivity index (χ0) is 23.8. The van der Waals surface area contributed by atoms with Gasteiger partial charge in [0.05, 0.1) is 10.9 Å². The highest BCUT2D eigenvalue weighted by atomic mass is 32.2. The lowest BCUT2D eigenvalue weighted by Crippen LogP contribution is -2.30. The summed E-state index contributed by atoms with van der Waals surface area (Å²) in [4.78, 5) is 14.4. The molecule has 0 unspecified atom stereocenters. The van der Waals surface area contributed by atoms with Crippen LogP contribution in [0.3, 0.4) is 0 Å². The van der Waals surface area contributed by atoms with Crippen LogP contribution >= 0.6 is 0 Å². The van der Waals surface area contributed by atoms with Crippen LogP contribution in [-0.2, 0) is 21.2 Å². The maximum Gasteiger partial charge on any atom is 0.290 e. The molecule has 4 rings (SSSR count). The van der Waals surface area contributed by atoms with Gasteiger partial charge in [0.15, 0.2) is 5.76 Å². The average Bonchev–Trinajstić information content (AvgIpc) is 3.05. The van der Waals surface area contributed by atoms with Crippen molar-refractivity contribution in [3.63, 3.8) is 0 Å². The Bertz CT molecular complexity index is 1290. The molecular weight excluding hydrogens is 434 g/mol. The molecule has 3 aromatic rings. The Hall–Kier alpha value is -3.38. The van der Waals surface area contributed by atoms with Crippen molar-refractivity contribution in [2.45, 2.75) is 44.2 Å². The van der Waals surface area contributed by atoms with Gasteiger partial charge in [0.2, 0.25) is 9.84 Å². The fourth-order valence-corrected chi connectivity index (χ4v) is 5.73. The molecule has 0 fully saturated rings. The van der Waals surface area contributed by atoms with Crippen LogP contribution in [0.25, 0.3) is 0 Å². The van der Waals surface area contributed by atoms with Gasteiger partial charge in [-0.05, 0) is 41.7 Å². The van der Waals surface area contributed by atoms with Gasteiger partial charge in [-0.25, -0.2) is 8.42 Å². The highest BCUT2D eigenvalue weighted by Crippen LogP contribution is 2.43. The van der Waals surface area contributed by atoms with Crippen molar-refractivity contribution in [3.05, 3.63) is 112 Å². The number of hydrogen-bond donors (Lipinski definition) is 1. The van der Waals surface area contributed by atoms with Gasteiger partial charge >= 0.3 is 0 Å². The molecule has 1 aliphatic heterocycles. The first-order valence-corrected chi connectivity index (χ1v) is 12.4. The fraction of sp³-hybridized carbons (Fsp3) is 0.222. The molecule has 1 N–H and O–H groups in total. The van der Waals surface area contributed by atoms with Crippen LogP contribution in [0.4, 0.5) is 0 Å². The predicted molar refractivity (Wildman–Crippen MR) is 128 cm³/mol. The molecular formula is C27H27NO4S. The van der Waals surface area contributed by atoms with Crippen molar-refractivity contribution in [1.29, 1.82) is 0 Å². The molecule has 5 nitrogen and oxygen atoms in total. The number of aliphatic hydroxyl groups is 1. The highest BCUT2D eigenvalue weighted by molar-refractivity contribution is 7.95. The molecule has 33 heavy (non-hydrogen) atoms. The lowest BCUT2D eigenvalue weighted by molar-refractivity contribution is -0.130. The Balaban J connectivity index is 1.85. The van der Waals surface area contributed by atoms with Gasteiger partial charge in [-0.1, -0.05) is 86.1 Å². The van der Waals surface area contributed by atoms with E-state index < -0.39 is 27.5 Å². The summed E-state index contributed by atoms with van der Waals surface area (Å²) >= 11 is 0. The Morgan fingerprint density at radius 3 is 2.09 bits per heavy atom. The largest absolute Gasteiger partial charge is 0.502 e. The molecule has 0 aromatic heterocycles. The second kappa shape index (κ2) is 8.87. The summed E-state index contributed by atoms with van der Waals surface area (Å²) in [7, 11) is -4.12. The normalized spacial score (nSPS) is 16.7. The van der Waals surface area contributed by atoms with Gasteiger partial charge in [0.1, 0.15) is 4.91 Å². The van der Waals surface area contributed by atoms with Crippen LogP contribution in [0, 0.1) is 6.92 Å². The van der Waals surface area contributed by atoms with Crippen LogP contribution in [-0.4, -0.2) is 24.3 Å². The maximum absolute atomic E-state index is 13.7. The molecule has 3 aromatic carbocycles. The quantitative estimate of drug-likeness (QED) is 0.530. The van der Waals surface area contributed by atoms with Gasteiger partial charge in [0, 0.05) is 6.54 Å². The fourth-order valence-electron chi connectivity index (χ4n) is 4.09. The minimum atomic E-state index is -4.12. The third-order valence-electron chi connectivity index (χ3n) is 5.99. The van der Waals surface area contributed by atoms with Gasteiger partial charge in [-0.2, -0.15) is 0 Å². The van der Waals surface area contributed by atoms with Crippen molar-refractivity contribution in [2.75, 3.05) is 0 Å². The summed E-state index contributed by atoms with van der Waals surface area (Å²) in [5.74, 6) is -1.10. The average molecular weight is 462 g/mol. The van der Waals surface area contributed by atoms with Gasteiger partial charge in [-0.3, -0.25) is 4.79 Å². The van der Waals surface area contributed by atoms with Crippen LogP contribution in [0.1, 0.15) is 48.1 Å². The van der Waals surface area contributed by atoms with E-state index >= 15 is 0 Å². The summed E-state index contributed by atoms with van der Waals surface area (Å²) in [6.45, 7) is 6.20. The van der Waals surface area contributed by atoms with E-state index in [1.54, 1.807) is 12.1 Å². The van der Waals surface area contributed by atoms with Crippen molar-refractivity contribution >= 4 is 15.7 Å². The topological polar surface area (TPSA) is 74.7 Å². The van der Waals surface area contributed by atoms with E-state index in [2.05, 4.69) is 13.8 Å². The van der Waals surface area contributed by atoms with E-state index in [1.165, 1.54) is 17.0 Å². The van der Waals surface area contributed by atoms with Gasteiger partial charge < -0.3 is 10.0 Å². The van der Waals surface area contributed by atoms with E-state index in [0.29, 0.717) is 11.5 Å². The Labute approximate surface area is 194 Å². The van der Waals surface area contributed by atoms with E-state index in [1.807, 2.05) is 61.5 Å². The number of nitrogens with zero attached hydrogens (tertiary/aromatic N) is 1. The first-order chi connectivity index (χ1) is 15.7. The zero-order valence-electron chi connectivity index (χ0n) is 18.9. The van der Waals surface area contributed by atoms with Gasteiger partial charge in [-0.15, -0.1) is 0 Å². The van der Waals surface area contributed by atoms with Crippen molar-refractivity contribution in [1.82, 2.24) is 4.90 Å². The SMILES string of the molecule is Cc1ccc(S(=O)(=O)C2=C(O)C(=O)N(Cc3ccccc3)[C@@H]2c2ccc(C(C)C)cc2)cc1. The van der Waals surface area contributed by atoms with E-state index in [9.17, 15) is 18.3 Å². The number of rotatable bonds is 6. The molecule has 1 amide bonds. The van der Waals surface area contributed by atoms with E-state index in [-0.39, 0.29) is 16.3 Å². The first kappa shape index (κ1) is 22.8. The number of amides is 1. The number of sulfone groups is 1. The number of hydrogen-bond acceptors (Lipinski definition) is 4. The molecule has 1 heterocycles. The second-order valence-corrected chi connectivity index (χ2v) is 10.6. The van der Waals surface area contributed by atoms with Crippen LogP contribution < -0.4 is 0 Å². The standard InChI is InChI=1S/C27H27NO4S/c1-18(2)21-11-13-22(14-12-21)24-26(33(31,32)23-15-9-19(3)10-16-23)25(29)27(30)28(24)17-20-7-5-4-6-8-20/h4-16,18,24,29H,17H2,1-3H3/t24-/m1/s1. The molecule has 0 radical (unpaired) electrons. The predicted octanol–water partition coefficient (Wildman–Crippen LogP) is 5.45. The molecule has 170 valence electrons. The van der Waals surface area contributed by atoms with E-state index in [4.69, 9.17) is 0 Å².